The molecule has 0 heterocycles. The first-order valence-corrected chi connectivity index (χ1v) is 29.8. The summed E-state index contributed by atoms with van der Waals surface area (Å²) in [5.74, 6) is 0.554. The summed E-state index contributed by atoms with van der Waals surface area (Å²) in [6.45, 7) is 18.5. The van der Waals surface area contributed by atoms with Crippen LogP contribution >= 0.6 is 0 Å². The first kappa shape index (κ1) is 67.9. The summed E-state index contributed by atoms with van der Waals surface area (Å²) in [5, 5.41) is 0. The molecule has 0 aliphatic rings. The topological polar surface area (TPSA) is 108 Å². The van der Waals surface area contributed by atoms with E-state index in [0.717, 1.165) is 96.3 Å². The first-order valence-electron chi connectivity index (χ1n) is 29.8. The van der Waals surface area contributed by atoms with E-state index in [9.17, 15) is 9.59 Å². The smallest absolute Gasteiger partial charge is 0.308 e. The minimum absolute atomic E-state index is 0.0313. The van der Waals surface area contributed by atoms with Crippen molar-refractivity contribution in [3.8, 4) is 0 Å². The Morgan fingerprint density at radius 3 is 1.14 bits per heavy atom. The molecule has 10 nitrogen and oxygen atoms in total. The zero-order valence-electron chi connectivity index (χ0n) is 46.5. The van der Waals surface area contributed by atoms with E-state index < -0.39 is 0 Å². The van der Waals surface area contributed by atoms with E-state index in [0.29, 0.717) is 91.7 Å². The van der Waals surface area contributed by atoms with Gasteiger partial charge in [0, 0.05) is 32.3 Å². The van der Waals surface area contributed by atoms with Gasteiger partial charge in [0.05, 0.1) is 65.4 Å². The molecule has 0 saturated heterocycles. The summed E-state index contributed by atoms with van der Waals surface area (Å²) < 4.78 is 46.6. The molecule has 0 aliphatic heterocycles. The Kier molecular flexibility index (Phi) is 56.8. The summed E-state index contributed by atoms with van der Waals surface area (Å²) in [5.41, 5.74) is 0. The fourth-order valence-electron chi connectivity index (χ4n) is 8.78. The lowest BCUT2D eigenvalue weighted by molar-refractivity contribution is -0.149. The number of esters is 1. The first-order chi connectivity index (χ1) is 34.0. The van der Waals surface area contributed by atoms with Crippen LogP contribution in [0.1, 0.15) is 259 Å². The van der Waals surface area contributed by atoms with E-state index >= 15 is 0 Å². The Bertz CT molecular complexity index is 982. The molecule has 0 saturated carbocycles. The number of unbranched alkanes of at least 4 members (excludes halogenated alkanes) is 25. The SMILES string of the molecule is CCCCCCCCC(CCCCCCCC)C(=O)COCCCCCOC(COCCCCCCOC(=O)C(CCCCCCCC)CCCCCCCC)COCCOCCOCCOCC. The third-order valence-electron chi connectivity index (χ3n) is 13.3. The Balaban J connectivity index is 4.64. The van der Waals surface area contributed by atoms with Gasteiger partial charge in [0.1, 0.15) is 12.7 Å². The molecular formula is C59H116O10. The second-order valence-corrected chi connectivity index (χ2v) is 19.8. The van der Waals surface area contributed by atoms with Crippen molar-refractivity contribution < 1.29 is 47.5 Å². The standard InChI is InChI=1S/C59H116O10/c1-6-11-15-19-23-30-38-55(39-31-24-20-16-12-7-2)58(60)54-66-43-35-29-37-44-68-57(53-67-51-50-64-49-48-63-47-46-62-10-5)52-65-42-34-27-28-36-45-69-59(61)56(40-32-25-21-17-13-8-3)41-33-26-22-18-14-9-4/h55-57H,6-54H2,1-5H3. The van der Waals surface area contributed by atoms with Gasteiger partial charge in [0.2, 0.25) is 0 Å². The summed E-state index contributed by atoms with van der Waals surface area (Å²) in [7, 11) is 0. The molecule has 0 aliphatic carbocycles. The zero-order chi connectivity index (χ0) is 50.2. The van der Waals surface area contributed by atoms with Gasteiger partial charge in [-0.2, -0.15) is 0 Å². The normalized spacial score (nSPS) is 12.2. The highest BCUT2D eigenvalue weighted by Gasteiger charge is 2.20. The van der Waals surface area contributed by atoms with Crippen LogP contribution in [0.4, 0.5) is 0 Å². The lowest BCUT2D eigenvalue weighted by Crippen LogP contribution is -2.27. The van der Waals surface area contributed by atoms with Crippen molar-refractivity contribution in [3.63, 3.8) is 0 Å². The highest BCUT2D eigenvalue weighted by molar-refractivity contribution is 5.82. The molecule has 1 unspecified atom stereocenters. The second kappa shape index (κ2) is 57.8. The molecule has 0 aromatic carbocycles. The summed E-state index contributed by atoms with van der Waals surface area (Å²) >= 11 is 0. The number of ether oxygens (including phenoxy) is 8. The lowest BCUT2D eigenvalue weighted by atomic mass is 9.91. The highest BCUT2D eigenvalue weighted by atomic mass is 16.6. The lowest BCUT2D eigenvalue weighted by Gasteiger charge is -2.19. The van der Waals surface area contributed by atoms with Crippen molar-refractivity contribution in [2.24, 2.45) is 11.8 Å². The second-order valence-electron chi connectivity index (χ2n) is 19.8. The molecule has 0 aromatic heterocycles. The third-order valence-corrected chi connectivity index (χ3v) is 13.3. The molecule has 0 amide bonds. The zero-order valence-corrected chi connectivity index (χ0v) is 46.5. The van der Waals surface area contributed by atoms with E-state index in [1.807, 2.05) is 6.92 Å². The molecule has 412 valence electrons. The largest absolute Gasteiger partial charge is 0.465 e. The Hall–Kier alpha value is -1.14. The highest BCUT2D eigenvalue weighted by Crippen LogP contribution is 2.23. The van der Waals surface area contributed by atoms with E-state index in [1.165, 1.54) is 128 Å². The Morgan fingerprint density at radius 2 is 0.667 bits per heavy atom. The fraction of sp³-hybridized carbons (Fsp3) is 0.966. The van der Waals surface area contributed by atoms with Crippen molar-refractivity contribution in [1.29, 1.82) is 0 Å². The molecule has 0 radical (unpaired) electrons. The van der Waals surface area contributed by atoms with Crippen LogP contribution in [0, 0.1) is 11.8 Å². The van der Waals surface area contributed by atoms with E-state index in [4.69, 9.17) is 37.9 Å². The van der Waals surface area contributed by atoms with Crippen molar-refractivity contribution in [3.05, 3.63) is 0 Å². The quantitative estimate of drug-likeness (QED) is 0.0432. The van der Waals surface area contributed by atoms with Gasteiger partial charge in [-0.05, 0) is 71.1 Å². The van der Waals surface area contributed by atoms with Crippen LogP contribution < -0.4 is 0 Å². The Labute approximate surface area is 427 Å². The van der Waals surface area contributed by atoms with Gasteiger partial charge < -0.3 is 37.9 Å². The van der Waals surface area contributed by atoms with Gasteiger partial charge in [-0.15, -0.1) is 0 Å². The fourth-order valence-corrected chi connectivity index (χ4v) is 8.78. The van der Waals surface area contributed by atoms with Crippen molar-refractivity contribution in [2.45, 2.75) is 265 Å². The van der Waals surface area contributed by atoms with Gasteiger partial charge >= 0.3 is 5.97 Å². The average Bonchev–Trinajstić information content (AvgIpc) is 3.35. The number of rotatable bonds is 60. The van der Waals surface area contributed by atoms with Crippen LogP contribution in [0.15, 0.2) is 0 Å². The molecular weight excluding hydrogens is 869 g/mol. The molecule has 0 bridgehead atoms. The summed E-state index contributed by atoms with van der Waals surface area (Å²) in [4.78, 5) is 26.4. The predicted molar refractivity (Wildman–Crippen MR) is 288 cm³/mol. The molecule has 0 fully saturated rings. The molecule has 69 heavy (non-hydrogen) atoms. The van der Waals surface area contributed by atoms with Crippen molar-refractivity contribution in [1.82, 2.24) is 0 Å². The van der Waals surface area contributed by atoms with Crippen molar-refractivity contribution in [2.75, 3.05) is 92.5 Å². The van der Waals surface area contributed by atoms with Gasteiger partial charge in [-0.1, -0.05) is 188 Å². The molecule has 0 aromatic rings. The maximum atomic E-state index is 13.2. The molecule has 0 rings (SSSR count). The minimum Gasteiger partial charge on any atom is -0.465 e. The third kappa shape index (κ3) is 50.2. The van der Waals surface area contributed by atoms with Crippen LogP contribution in [0.25, 0.3) is 0 Å². The molecule has 0 spiro atoms. The number of Topliss-reactive ketones (excluding diaryl/α,β-unsaturated/α-hetero) is 1. The maximum absolute atomic E-state index is 13.2. The van der Waals surface area contributed by atoms with Crippen LogP contribution in [0.3, 0.4) is 0 Å². The van der Waals surface area contributed by atoms with E-state index in [2.05, 4.69) is 27.7 Å². The number of ketones is 1. The number of hydrogen-bond donors (Lipinski definition) is 0. The van der Waals surface area contributed by atoms with Crippen molar-refractivity contribution >= 4 is 11.8 Å². The monoisotopic (exact) mass is 985 g/mol. The van der Waals surface area contributed by atoms with Crippen LogP contribution in [-0.2, 0) is 47.5 Å². The molecule has 10 heteroatoms. The van der Waals surface area contributed by atoms with Crippen LogP contribution in [0.2, 0.25) is 0 Å². The number of carbonyl (C=O) groups is 2. The van der Waals surface area contributed by atoms with Gasteiger partial charge in [-0.3, -0.25) is 9.59 Å². The average molecular weight is 986 g/mol. The molecule has 0 N–H and O–H groups in total. The number of carbonyl (C=O) groups excluding carboxylic acids is 2. The van der Waals surface area contributed by atoms with Gasteiger partial charge in [0.25, 0.3) is 0 Å². The van der Waals surface area contributed by atoms with Gasteiger partial charge in [-0.25, -0.2) is 0 Å². The molecule has 1 atom stereocenters. The van der Waals surface area contributed by atoms with Gasteiger partial charge in [0.15, 0.2) is 5.78 Å². The summed E-state index contributed by atoms with van der Waals surface area (Å²) in [6, 6.07) is 0. The summed E-state index contributed by atoms with van der Waals surface area (Å²) in [6.07, 6.45) is 40.8. The Morgan fingerprint density at radius 1 is 0.319 bits per heavy atom. The van der Waals surface area contributed by atoms with Crippen LogP contribution in [-0.4, -0.2) is 110 Å². The predicted octanol–water partition coefficient (Wildman–Crippen LogP) is 15.6. The number of hydrogen-bond acceptors (Lipinski definition) is 10. The van der Waals surface area contributed by atoms with Crippen LogP contribution in [0.5, 0.6) is 0 Å². The minimum atomic E-state index is -0.156. The van der Waals surface area contributed by atoms with E-state index in [1.54, 1.807) is 0 Å². The van der Waals surface area contributed by atoms with E-state index in [-0.39, 0.29) is 30.5 Å². The maximum Gasteiger partial charge on any atom is 0.308 e.